The van der Waals surface area contributed by atoms with Gasteiger partial charge in [-0.2, -0.15) is 0 Å². The summed E-state index contributed by atoms with van der Waals surface area (Å²) < 4.78 is 34.4. The standard InChI is InChI=1S/C15H21N3O6S/c1-8-5-23-6-9-7-24-10-11(15(2,3)25(4,21)22)16-12(14(19)20)17-13(10)18(8)9/h8-9H,5-7H2,1-4H3,(H,19,20)/t8-,9?/m1/s1. The highest BCUT2D eigenvalue weighted by atomic mass is 32.2. The first-order valence-electron chi connectivity index (χ1n) is 7.88. The summed E-state index contributed by atoms with van der Waals surface area (Å²) in [5.74, 6) is -1.23. The molecule has 1 N–H and O–H groups in total. The minimum Gasteiger partial charge on any atom is -0.486 e. The van der Waals surface area contributed by atoms with E-state index in [0.717, 1.165) is 6.26 Å². The van der Waals surface area contributed by atoms with Gasteiger partial charge in [-0.3, -0.25) is 0 Å². The molecule has 0 radical (unpaired) electrons. The lowest BCUT2D eigenvalue weighted by atomic mass is 10.0. The van der Waals surface area contributed by atoms with Gasteiger partial charge in [0.05, 0.1) is 25.3 Å². The number of fused-ring (bicyclic) bond motifs is 3. The number of aromatic carboxylic acids is 1. The van der Waals surface area contributed by atoms with E-state index < -0.39 is 26.4 Å². The Kier molecular flexibility index (Phi) is 4.15. The molecule has 2 aliphatic heterocycles. The molecule has 10 heteroatoms. The maximum atomic E-state index is 12.3. The second-order valence-corrected chi connectivity index (χ2v) is 9.46. The van der Waals surface area contributed by atoms with Gasteiger partial charge in [0.25, 0.3) is 0 Å². The normalized spacial score (nSPS) is 23.4. The summed E-state index contributed by atoms with van der Waals surface area (Å²) in [6, 6.07) is -0.158. The van der Waals surface area contributed by atoms with Gasteiger partial charge in [-0.1, -0.05) is 0 Å². The summed E-state index contributed by atoms with van der Waals surface area (Å²) in [6.07, 6.45) is 1.09. The number of carboxylic acids is 1. The summed E-state index contributed by atoms with van der Waals surface area (Å²) in [6.45, 7) is 6.09. The number of aromatic nitrogens is 2. The molecule has 0 amide bonds. The van der Waals surface area contributed by atoms with Gasteiger partial charge in [0.1, 0.15) is 17.0 Å². The van der Waals surface area contributed by atoms with Crippen molar-refractivity contribution in [1.82, 2.24) is 9.97 Å². The minimum absolute atomic E-state index is 0.0489. The second-order valence-electron chi connectivity index (χ2n) is 6.89. The van der Waals surface area contributed by atoms with Crippen molar-refractivity contribution < 1.29 is 27.8 Å². The van der Waals surface area contributed by atoms with Gasteiger partial charge < -0.3 is 19.5 Å². The summed E-state index contributed by atoms with van der Waals surface area (Å²) in [5.41, 5.74) is 0.0644. The van der Waals surface area contributed by atoms with E-state index in [4.69, 9.17) is 9.47 Å². The van der Waals surface area contributed by atoms with Crippen LogP contribution in [0.25, 0.3) is 0 Å². The molecule has 3 rings (SSSR count). The van der Waals surface area contributed by atoms with Crippen molar-refractivity contribution in [3.05, 3.63) is 11.5 Å². The minimum atomic E-state index is -3.58. The molecule has 1 aromatic rings. The zero-order valence-corrected chi connectivity index (χ0v) is 15.3. The van der Waals surface area contributed by atoms with Gasteiger partial charge in [0.15, 0.2) is 21.4 Å². The number of sulfone groups is 1. The number of carbonyl (C=O) groups is 1. The van der Waals surface area contributed by atoms with E-state index in [9.17, 15) is 18.3 Å². The highest BCUT2D eigenvalue weighted by Crippen LogP contribution is 2.43. The number of morpholine rings is 1. The SMILES string of the molecule is C[C@@H]1COCC2COc3c(nc(C(=O)O)nc3C(C)(C)S(C)(=O)=O)N21. The fourth-order valence-corrected chi connectivity index (χ4v) is 3.50. The molecule has 1 fully saturated rings. The fraction of sp³-hybridized carbons (Fsp3) is 0.667. The van der Waals surface area contributed by atoms with Crippen LogP contribution in [0.3, 0.4) is 0 Å². The van der Waals surface area contributed by atoms with Crippen LogP contribution in [-0.4, -0.2) is 67.6 Å². The molecule has 9 nitrogen and oxygen atoms in total. The Morgan fingerprint density at radius 3 is 2.56 bits per heavy atom. The van der Waals surface area contributed by atoms with E-state index in [0.29, 0.717) is 25.6 Å². The van der Waals surface area contributed by atoms with E-state index in [1.807, 2.05) is 11.8 Å². The van der Waals surface area contributed by atoms with Gasteiger partial charge in [0.2, 0.25) is 5.82 Å². The lowest BCUT2D eigenvalue weighted by molar-refractivity contribution is 0.0479. The Labute approximate surface area is 145 Å². The van der Waals surface area contributed by atoms with Crippen LogP contribution >= 0.6 is 0 Å². The highest BCUT2D eigenvalue weighted by Gasteiger charge is 2.44. The van der Waals surface area contributed by atoms with E-state index in [1.54, 1.807) is 0 Å². The maximum absolute atomic E-state index is 12.3. The number of hydrogen-bond acceptors (Lipinski definition) is 8. The number of carboxylic acid groups (broad SMARTS) is 1. The molecule has 2 aliphatic rings. The third-order valence-corrected chi connectivity index (χ3v) is 6.79. The van der Waals surface area contributed by atoms with Gasteiger partial charge in [-0.05, 0) is 20.8 Å². The van der Waals surface area contributed by atoms with Crippen molar-refractivity contribution in [3.8, 4) is 5.75 Å². The third kappa shape index (κ3) is 2.82. The van der Waals surface area contributed by atoms with E-state index in [-0.39, 0.29) is 23.5 Å². The Hall–Kier alpha value is -1.94. The summed E-state index contributed by atoms with van der Waals surface area (Å²) >= 11 is 0. The summed E-state index contributed by atoms with van der Waals surface area (Å²) in [7, 11) is -3.58. The van der Waals surface area contributed by atoms with Gasteiger partial charge in [0, 0.05) is 6.26 Å². The van der Waals surface area contributed by atoms with Crippen LogP contribution in [-0.2, 0) is 19.3 Å². The first kappa shape index (κ1) is 17.9. The van der Waals surface area contributed by atoms with Crippen LogP contribution in [0.4, 0.5) is 5.82 Å². The second kappa shape index (κ2) is 5.80. The number of hydrogen-bond donors (Lipinski definition) is 1. The maximum Gasteiger partial charge on any atom is 0.374 e. The third-order valence-electron chi connectivity index (χ3n) is 4.74. The smallest absolute Gasteiger partial charge is 0.374 e. The summed E-state index contributed by atoms with van der Waals surface area (Å²) in [4.78, 5) is 21.6. The predicted octanol–water partition coefficient (Wildman–Crippen LogP) is 0.441. The fourth-order valence-electron chi connectivity index (χ4n) is 3.01. The van der Waals surface area contributed by atoms with Crippen molar-refractivity contribution >= 4 is 21.6 Å². The molecule has 0 saturated carbocycles. The molecule has 3 heterocycles. The first-order valence-corrected chi connectivity index (χ1v) is 9.77. The van der Waals surface area contributed by atoms with Crippen LogP contribution < -0.4 is 9.64 Å². The predicted molar refractivity (Wildman–Crippen MR) is 88.9 cm³/mol. The lowest BCUT2D eigenvalue weighted by Crippen LogP contribution is -2.56. The van der Waals surface area contributed by atoms with E-state index in [1.165, 1.54) is 13.8 Å². The molecule has 0 bridgehead atoms. The van der Waals surface area contributed by atoms with Gasteiger partial charge >= 0.3 is 5.97 Å². The van der Waals surface area contributed by atoms with Crippen molar-refractivity contribution in [2.24, 2.45) is 0 Å². The van der Waals surface area contributed by atoms with Crippen molar-refractivity contribution in [2.45, 2.75) is 37.6 Å². The average Bonchev–Trinajstić information content (AvgIpc) is 2.52. The van der Waals surface area contributed by atoms with Crippen LogP contribution in [0.1, 0.15) is 37.1 Å². The van der Waals surface area contributed by atoms with E-state index >= 15 is 0 Å². The van der Waals surface area contributed by atoms with Crippen LogP contribution in [0, 0.1) is 0 Å². The molecular weight excluding hydrogens is 350 g/mol. The Balaban J connectivity index is 2.27. The number of ether oxygens (including phenoxy) is 2. The Morgan fingerprint density at radius 1 is 1.28 bits per heavy atom. The molecule has 0 spiro atoms. The van der Waals surface area contributed by atoms with Crippen LogP contribution in [0.5, 0.6) is 5.75 Å². The quantitative estimate of drug-likeness (QED) is 0.807. The van der Waals surface area contributed by atoms with Crippen molar-refractivity contribution in [2.75, 3.05) is 31.0 Å². The average molecular weight is 371 g/mol. The zero-order valence-electron chi connectivity index (χ0n) is 14.5. The molecule has 0 aliphatic carbocycles. The number of anilines is 1. The van der Waals surface area contributed by atoms with Gasteiger partial charge in [-0.25, -0.2) is 23.2 Å². The van der Waals surface area contributed by atoms with Crippen molar-refractivity contribution in [3.63, 3.8) is 0 Å². The van der Waals surface area contributed by atoms with Crippen LogP contribution in [0.15, 0.2) is 0 Å². The Morgan fingerprint density at radius 2 is 1.96 bits per heavy atom. The number of rotatable bonds is 3. The molecule has 0 aromatic carbocycles. The summed E-state index contributed by atoms with van der Waals surface area (Å²) in [5, 5.41) is 9.38. The topological polar surface area (TPSA) is 119 Å². The Bertz CT molecular complexity index is 823. The van der Waals surface area contributed by atoms with Crippen molar-refractivity contribution in [1.29, 1.82) is 0 Å². The molecule has 1 unspecified atom stereocenters. The molecule has 138 valence electrons. The van der Waals surface area contributed by atoms with Crippen LogP contribution in [0.2, 0.25) is 0 Å². The molecule has 2 atom stereocenters. The monoisotopic (exact) mass is 371 g/mol. The largest absolute Gasteiger partial charge is 0.486 e. The first-order chi connectivity index (χ1) is 11.5. The molecular formula is C15H21N3O6S. The van der Waals surface area contributed by atoms with Gasteiger partial charge in [-0.15, -0.1) is 0 Å². The zero-order chi connectivity index (χ0) is 18.6. The van der Waals surface area contributed by atoms with E-state index in [2.05, 4.69) is 9.97 Å². The highest BCUT2D eigenvalue weighted by molar-refractivity contribution is 7.91. The molecule has 25 heavy (non-hydrogen) atoms. The number of nitrogens with zero attached hydrogens (tertiary/aromatic N) is 3. The molecule has 1 aromatic heterocycles. The molecule has 1 saturated heterocycles. The lowest BCUT2D eigenvalue weighted by Gasteiger charge is -2.45.